The number of aromatic hydroxyl groups is 1. The molecule has 3 fully saturated rings. The predicted octanol–water partition coefficient (Wildman–Crippen LogP) is 12.0. The van der Waals surface area contributed by atoms with Crippen molar-refractivity contribution in [2.24, 2.45) is 23.7 Å². The van der Waals surface area contributed by atoms with Gasteiger partial charge in [-0.1, -0.05) is 36.4 Å². The fourth-order valence-corrected chi connectivity index (χ4v) is 10.3. The van der Waals surface area contributed by atoms with Crippen LogP contribution in [0.5, 0.6) is 29.0 Å². The van der Waals surface area contributed by atoms with E-state index in [9.17, 15) is 44.7 Å². The summed E-state index contributed by atoms with van der Waals surface area (Å²) in [6, 6.07) is 21.4. The number of nitrogens with zero attached hydrogens (tertiary/aromatic N) is 2. The van der Waals surface area contributed by atoms with Crippen LogP contribution in [0.4, 0.5) is 35.1 Å². The summed E-state index contributed by atoms with van der Waals surface area (Å²) >= 11 is 0. The summed E-state index contributed by atoms with van der Waals surface area (Å²) in [5.41, 5.74) is 2.69. The summed E-state index contributed by atoms with van der Waals surface area (Å²) in [6.07, 6.45) is -4.05. The number of aromatic nitrogens is 2. The van der Waals surface area contributed by atoms with Gasteiger partial charge in [0.05, 0.1) is 47.4 Å². The Balaban J connectivity index is 0.000000161. The molecular weight excluding hydrogens is 1050 g/mol. The monoisotopic (exact) mass is 1100 g/mol. The van der Waals surface area contributed by atoms with E-state index in [1.54, 1.807) is 37.5 Å². The Labute approximate surface area is 450 Å². The maximum atomic E-state index is 14.5. The molecule has 1 aliphatic heterocycles. The molecule has 4 aliphatic carbocycles. The first kappa shape index (κ1) is 56.5. The van der Waals surface area contributed by atoms with Gasteiger partial charge in [-0.05, 0) is 142 Å². The van der Waals surface area contributed by atoms with Crippen LogP contribution in [0.15, 0.2) is 109 Å². The van der Waals surface area contributed by atoms with Crippen molar-refractivity contribution >= 4 is 24.5 Å². The van der Waals surface area contributed by atoms with Gasteiger partial charge in [-0.25, -0.2) is 18.7 Å². The van der Waals surface area contributed by atoms with Gasteiger partial charge < -0.3 is 38.1 Å². The third-order valence-corrected chi connectivity index (χ3v) is 15.1. The third-order valence-electron chi connectivity index (χ3n) is 15.1. The standard InChI is InChI=1S/C26H21F4NO4.C25H29BFNO5.C7H5F3O/c1-2-33-25(32)24-17-10-14-11-22(31-12-18(14)23(17)24)34-13-15-9-16(7-8-20(15)27)35-21-6-4-3-5-19(21)26(28,29)30;1-6-30-23(29)22-17-10-14-11-20(28-12-18(14)21(17)22)31-13-15-9-16(7-8-19(15)27)26-32-24(2,3)25(4,5)33-26;8-7(9,10)5-3-1-2-4-6(5)11/h3-9,11-12,17,23-24H,2,10,13H2,1H3;7-9,11-12,17,21-22H,6,10,13H2,1-5H3;1-4,11H/t17-,23-,24+;17-,21-,22+;/m11./s1. The Morgan fingerprint density at radius 3 is 1.59 bits per heavy atom. The van der Waals surface area contributed by atoms with Crippen LogP contribution in [-0.2, 0) is 66.8 Å². The highest BCUT2D eigenvalue weighted by Gasteiger charge is 2.61. The molecule has 0 unspecified atom stereocenters. The SMILES string of the molecule is CCOC(=O)[C@H]1[C@@H]2Cc3cc(OCc4cc(B5OC(C)(C)C(C)(C)O5)ccc4F)ncc3[C@@H]21.CCOC(=O)[C@H]1[C@@H]2Cc3cc(OCc4cc(Oc5ccccc5C(F)(F)F)ccc4F)ncc3[C@@H]21.Oc1ccccc1C(F)(F)F. The number of alkyl halides is 6. The van der Waals surface area contributed by atoms with Crippen LogP contribution < -0.4 is 19.7 Å². The zero-order valence-corrected chi connectivity index (χ0v) is 43.7. The second-order valence-electron chi connectivity index (χ2n) is 20.7. The average Bonchev–Trinajstić information content (AvgIpc) is 3.88. The number of phenolic OH excluding ortho intramolecular Hbond substituents is 1. The topological polar surface area (TPSA) is 145 Å². The Morgan fingerprint density at radius 2 is 1.11 bits per heavy atom. The number of rotatable bonds is 13. The van der Waals surface area contributed by atoms with E-state index in [4.69, 9.17) is 38.1 Å². The summed E-state index contributed by atoms with van der Waals surface area (Å²) in [6.45, 7) is 12.2. The second kappa shape index (κ2) is 22.1. The molecule has 2 aromatic heterocycles. The van der Waals surface area contributed by atoms with Crippen LogP contribution in [0.1, 0.15) is 97.9 Å². The molecule has 6 atom stereocenters. The minimum atomic E-state index is -4.58. The van der Waals surface area contributed by atoms with Crippen LogP contribution in [0.25, 0.3) is 0 Å². The van der Waals surface area contributed by atoms with Crippen LogP contribution in [0, 0.1) is 35.3 Å². The van der Waals surface area contributed by atoms with Gasteiger partial charge in [-0.3, -0.25) is 9.59 Å². The molecule has 2 saturated carbocycles. The fraction of sp³-hybridized carbons (Fsp3) is 0.379. The van der Waals surface area contributed by atoms with Gasteiger partial charge in [-0.15, -0.1) is 0 Å². The zero-order chi connectivity index (χ0) is 56.8. The Kier molecular flexibility index (Phi) is 15.8. The molecule has 5 aliphatic rings. The molecule has 0 bridgehead atoms. The lowest BCUT2D eigenvalue weighted by Crippen LogP contribution is -2.41. The van der Waals surface area contributed by atoms with Crippen molar-refractivity contribution in [3.63, 3.8) is 0 Å². The Morgan fingerprint density at radius 1 is 0.646 bits per heavy atom. The largest absolute Gasteiger partial charge is 0.507 e. The number of carbonyl (C=O) groups is 2. The van der Waals surface area contributed by atoms with Crippen molar-refractivity contribution in [2.75, 3.05) is 13.2 Å². The van der Waals surface area contributed by atoms with Gasteiger partial charge in [0.25, 0.3) is 0 Å². The molecule has 1 saturated heterocycles. The van der Waals surface area contributed by atoms with Gasteiger partial charge in [-0.2, -0.15) is 26.3 Å². The number of para-hydroxylation sites is 2. The molecule has 79 heavy (non-hydrogen) atoms. The number of benzene rings is 4. The molecule has 12 nitrogen and oxygen atoms in total. The lowest BCUT2D eigenvalue weighted by atomic mass is 9.78. The summed E-state index contributed by atoms with van der Waals surface area (Å²) in [7, 11) is -0.563. The second-order valence-corrected chi connectivity index (χ2v) is 20.7. The van der Waals surface area contributed by atoms with E-state index in [0.29, 0.717) is 36.5 Å². The van der Waals surface area contributed by atoms with Crippen LogP contribution in [0.2, 0.25) is 0 Å². The zero-order valence-electron chi connectivity index (χ0n) is 43.7. The van der Waals surface area contributed by atoms with Gasteiger partial charge in [0.2, 0.25) is 11.8 Å². The molecule has 0 radical (unpaired) electrons. The molecule has 416 valence electrons. The number of halogens is 8. The number of fused-ring (bicyclic) bond motifs is 6. The smallest absolute Gasteiger partial charge is 0.494 e. The first-order chi connectivity index (χ1) is 37.4. The molecule has 0 amide bonds. The van der Waals surface area contributed by atoms with Crippen molar-refractivity contribution in [3.8, 4) is 29.0 Å². The summed E-state index contributed by atoms with van der Waals surface area (Å²) in [4.78, 5) is 32.8. The Hall–Kier alpha value is -7.26. The molecular formula is C58H55BF8N2O10. The first-order valence-corrected chi connectivity index (χ1v) is 25.6. The normalized spacial score (nSPS) is 21.4. The van der Waals surface area contributed by atoms with E-state index in [1.165, 1.54) is 48.5 Å². The summed E-state index contributed by atoms with van der Waals surface area (Å²) < 4.78 is 144. The lowest BCUT2D eigenvalue weighted by molar-refractivity contribution is -0.146. The van der Waals surface area contributed by atoms with E-state index in [2.05, 4.69) is 9.97 Å². The highest BCUT2D eigenvalue weighted by molar-refractivity contribution is 6.62. The van der Waals surface area contributed by atoms with E-state index in [0.717, 1.165) is 64.8 Å². The minimum absolute atomic E-state index is 0.0437. The molecule has 21 heteroatoms. The molecule has 0 spiro atoms. The van der Waals surface area contributed by atoms with E-state index < -0.39 is 53.4 Å². The van der Waals surface area contributed by atoms with Gasteiger partial charge in [0.1, 0.15) is 42.1 Å². The minimum Gasteiger partial charge on any atom is -0.507 e. The fourth-order valence-electron chi connectivity index (χ4n) is 10.3. The summed E-state index contributed by atoms with van der Waals surface area (Å²) in [5, 5.41) is 8.73. The third kappa shape index (κ3) is 12.2. The maximum Gasteiger partial charge on any atom is 0.494 e. The highest BCUT2D eigenvalue weighted by Crippen LogP contribution is 2.63. The number of hydrogen-bond acceptors (Lipinski definition) is 12. The first-order valence-electron chi connectivity index (χ1n) is 25.6. The lowest BCUT2D eigenvalue weighted by Gasteiger charge is -2.32. The molecule has 6 aromatic rings. The number of phenols is 1. The van der Waals surface area contributed by atoms with Crippen molar-refractivity contribution in [3.05, 3.63) is 166 Å². The summed E-state index contributed by atoms with van der Waals surface area (Å²) in [5.74, 6) is -0.867. The predicted molar refractivity (Wildman–Crippen MR) is 270 cm³/mol. The van der Waals surface area contributed by atoms with E-state index >= 15 is 0 Å². The van der Waals surface area contributed by atoms with Crippen LogP contribution in [-0.4, -0.2) is 58.5 Å². The highest BCUT2D eigenvalue weighted by atomic mass is 19.4. The molecule has 4 aromatic carbocycles. The van der Waals surface area contributed by atoms with Gasteiger partial charge >= 0.3 is 31.4 Å². The number of esters is 2. The van der Waals surface area contributed by atoms with Crippen molar-refractivity contribution in [1.29, 1.82) is 0 Å². The number of ether oxygens (including phenoxy) is 5. The molecule has 3 heterocycles. The molecule has 11 rings (SSSR count). The number of carbonyl (C=O) groups excluding carboxylic acids is 2. The van der Waals surface area contributed by atoms with Crippen LogP contribution >= 0.6 is 0 Å². The maximum absolute atomic E-state index is 14.5. The van der Waals surface area contributed by atoms with E-state index in [-0.39, 0.29) is 77.6 Å². The molecule has 1 N–H and O–H groups in total. The van der Waals surface area contributed by atoms with Crippen molar-refractivity contribution < 1.29 is 82.8 Å². The van der Waals surface area contributed by atoms with E-state index in [1.807, 2.05) is 40.7 Å². The van der Waals surface area contributed by atoms with Gasteiger partial charge in [0, 0.05) is 47.5 Å². The van der Waals surface area contributed by atoms with Crippen molar-refractivity contribution in [1.82, 2.24) is 9.97 Å². The number of pyridine rings is 2. The van der Waals surface area contributed by atoms with Crippen LogP contribution in [0.3, 0.4) is 0 Å². The van der Waals surface area contributed by atoms with Crippen molar-refractivity contribution in [2.45, 2.75) is 103 Å². The van der Waals surface area contributed by atoms with Gasteiger partial charge in [0.15, 0.2) is 0 Å². The Bertz CT molecular complexity index is 3230. The average molecular weight is 1100 g/mol. The quantitative estimate of drug-likeness (QED) is 0.0667. The number of hydrogen-bond donors (Lipinski definition) is 1.